The van der Waals surface area contributed by atoms with Gasteiger partial charge in [0.25, 0.3) is 5.91 Å². The van der Waals surface area contributed by atoms with Crippen molar-refractivity contribution in [2.45, 2.75) is 19.9 Å². The number of para-hydroxylation sites is 1. The van der Waals surface area contributed by atoms with E-state index in [2.05, 4.69) is 15.4 Å². The summed E-state index contributed by atoms with van der Waals surface area (Å²) in [5, 5.41) is 6.98. The van der Waals surface area contributed by atoms with Gasteiger partial charge in [-0.05, 0) is 32.0 Å². The number of nitrogens with one attached hydrogen (secondary N) is 1. The number of esters is 1. The van der Waals surface area contributed by atoms with Crippen LogP contribution in [0, 0.1) is 6.92 Å². The summed E-state index contributed by atoms with van der Waals surface area (Å²) in [5.41, 5.74) is 1.69. The molecule has 1 atom stereocenters. The molecule has 2 aromatic heterocycles. The molecule has 3 aromatic rings. The third-order valence-electron chi connectivity index (χ3n) is 4.41. The summed E-state index contributed by atoms with van der Waals surface area (Å²) in [6, 6.07) is 12.5. The van der Waals surface area contributed by atoms with Gasteiger partial charge in [-0.15, -0.1) is 0 Å². The van der Waals surface area contributed by atoms with Crippen LogP contribution in [-0.4, -0.2) is 40.4 Å². The van der Waals surface area contributed by atoms with Crippen molar-refractivity contribution in [1.82, 2.24) is 20.1 Å². The second kappa shape index (κ2) is 9.01. The van der Waals surface area contributed by atoms with Gasteiger partial charge in [0.2, 0.25) is 0 Å². The van der Waals surface area contributed by atoms with Crippen LogP contribution in [0.15, 0.2) is 54.9 Å². The van der Waals surface area contributed by atoms with Crippen molar-refractivity contribution in [2.75, 3.05) is 13.7 Å². The summed E-state index contributed by atoms with van der Waals surface area (Å²) >= 11 is 0. The van der Waals surface area contributed by atoms with Crippen LogP contribution in [0.3, 0.4) is 0 Å². The number of rotatable bonds is 7. The van der Waals surface area contributed by atoms with E-state index in [1.807, 2.05) is 37.3 Å². The fraction of sp³-hybridized carbons (Fsp3) is 0.238. The zero-order valence-corrected chi connectivity index (χ0v) is 16.5. The SMILES string of the molecule is COc1ccccc1C(C)NC(=O)COC(=O)c1cnn(-c2ccccn2)c1C. The molecule has 150 valence electrons. The average molecular weight is 394 g/mol. The largest absolute Gasteiger partial charge is 0.496 e. The van der Waals surface area contributed by atoms with E-state index in [0.29, 0.717) is 17.3 Å². The number of pyridine rings is 1. The van der Waals surface area contributed by atoms with Crippen LogP contribution in [0.25, 0.3) is 5.82 Å². The highest BCUT2D eigenvalue weighted by Crippen LogP contribution is 2.24. The molecular formula is C21H22N4O4. The molecule has 0 aliphatic carbocycles. The summed E-state index contributed by atoms with van der Waals surface area (Å²) in [6.45, 7) is 3.17. The first-order chi connectivity index (χ1) is 14.0. The summed E-state index contributed by atoms with van der Waals surface area (Å²) in [7, 11) is 1.57. The standard InChI is InChI=1S/C21H22N4O4/c1-14(16-8-4-5-9-18(16)28-3)24-20(26)13-29-21(27)17-12-23-25(15(17)2)19-10-6-7-11-22-19/h4-12,14H,13H2,1-3H3,(H,24,26). The maximum atomic E-state index is 12.4. The highest BCUT2D eigenvalue weighted by Gasteiger charge is 2.19. The number of methoxy groups -OCH3 is 1. The molecule has 0 aliphatic rings. The van der Waals surface area contributed by atoms with Crippen molar-refractivity contribution < 1.29 is 19.1 Å². The fourth-order valence-electron chi connectivity index (χ4n) is 2.91. The zero-order chi connectivity index (χ0) is 20.8. The molecule has 1 N–H and O–H groups in total. The number of hydrogen-bond donors (Lipinski definition) is 1. The first-order valence-electron chi connectivity index (χ1n) is 9.06. The van der Waals surface area contributed by atoms with E-state index in [-0.39, 0.29) is 11.6 Å². The first-order valence-corrected chi connectivity index (χ1v) is 9.06. The predicted molar refractivity (Wildman–Crippen MR) is 106 cm³/mol. The molecule has 0 bridgehead atoms. The molecule has 8 heteroatoms. The zero-order valence-electron chi connectivity index (χ0n) is 16.5. The smallest absolute Gasteiger partial charge is 0.342 e. The number of nitrogens with zero attached hydrogens (tertiary/aromatic N) is 3. The van der Waals surface area contributed by atoms with Gasteiger partial charge in [0.15, 0.2) is 12.4 Å². The van der Waals surface area contributed by atoms with Gasteiger partial charge in [-0.3, -0.25) is 4.79 Å². The number of ether oxygens (including phenoxy) is 2. The Balaban J connectivity index is 1.59. The van der Waals surface area contributed by atoms with Crippen LogP contribution in [0.1, 0.15) is 34.6 Å². The summed E-state index contributed by atoms with van der Waals surface area (Å²) in [5.74, 6) is 0.235. The Kier molecular flexibility index (Phi) is 6.23. The average Bonchev–Trinajstić information content (AvgIpc) is 3.14. The number of benzene rings is 1. The second-order valence-corrected chi connectivity index (χ2v) is 6.35. The third-order valence-corrected chi connectivity index (χ3v) is 4.41. The van der Waals surface area contributed by atoms with Crippen LogP contribution in [-0.2, 0) is 9.53 Å². The molecule has 0 spiro atoms. The van der Waals surface area contributed by atoms with Gasteiger partial charge < -0.3 is 14.8 Å². The molecule has 8 nitrogen and oxygen atoms in total. The van der Waals surface area contributed by atoms with Gasteiger partial charge in [0, 0.05) is 11.8 Å². The fourth-order valence-corrected chi connectivity index (χ4v) is 2.91. The lowest BCUT2D eigenvalue weighted by Crippen LogP contribution is -2.31. The van der Waals surface area contributed by atoms with Gasteiger partial charge >= 0.3 is 5.97 Å². The van der Waals surface area contributed by atoms with Crippen molar-refractivity contribution in [3.63, 3.8) is 0 Å². The molecule has 1 amide bonds. The van der Waals surface area contributed by atoms with Crippen molar-refractivity contribution in [3.05, 3.63) is 71.7 Å². The Hall–Kier alpha value is -3.68. The maximum absolute atomic E-state index is 12.4. The Labute approximate surface area is 168 Å². The van der Waals surface area contributed by atoms with Crippen LogP contribution in [0.5, 0.6) is 5.75 Å². The molecule has 0 fully saturated rings. The molecule has 1 unspecified atom stereocenters. The van der Waals surface area contributed by atoms with E-state index in [0.717, 1.165) is 5.56 Å². The Morgan fingerprint density at radius 2 is 1.93 bits per heavy atom. The van der Waals surface area contributed by atoms with Crippen molar-refractivity contribution >= 4 is 11.9 Å². The summed E-state index contributed by atoms with van der Waals surface area (Å²) in [4.78, 5) is 28.8. The Morgan fingerprint density at radius 3 is 2.66 bits per heavy atom. The number of aromatic nitrogens is 3. The topological polar surface area (TPSA) is 95.3 Å². The molecule has 1 aromatic carbocycles. The lowest BCUT2D eigenvalue weighted by molar-refractivity contribution is -0.124. The second-order valence-electron chi connectivity index (χ2n) is 6.35. The first kappa shape index (κ1) is 20.1. The van der Waals surface area contributed by atoms with Gasteiger partial charge in [-0.2, -0.15) is 5.10 Å². The van der Waals surface area contributed by atoms with E-state index >= 15 is 0 Å². The number of hydrogen-bond acceptors (Lipinski definition) is 6. The lowest BCUT2D eigenvalue weighted by Gasteiger charge is -2.17. The van der Waals surface area contributed by atoms with E-state index in [1.165, 1.54) is 6.20 Å². The van der Waals surface area contributed by atoms with E-state index in [4.69, 9.17) is 9.47 Å². The lowest BCUT2D eigenvalue weighted by atomic mass is 10.1. The van der Waals surface area contributed by atoms with Gasteiger partial charge in [-0.1, -0.05) is 24.3 Å². The minimum absolute atomic E-state index is 0.279. The number of carbonyl (C=O) groups excluding carboxylic acids is 2. The third kappa shape index (κ3) is 4.60. The quantitative estimate of drug-likeness (QED) is 0.619. The van der Waals surface area contributed by atoms with Crippen LogP contribution in [0.4, 0.5) is 0 Å². The molecule has 0 radical (unpaired) electrons. The molecule has 0 aliphatic heterocycles. The minimum atomic E-state index is -0.621. The van der Waals surface area contributed by atoms with Crippen LogP contribution in [0.2, 0.25) is 0 Å². The summed E-state index contributed by atoms with van der Waals surface area (Å²) < 4.78 is 12.0. The van der Waals surface area contributed by atoms with Crippen LogP contribution >= 0.6 is 0 Å². The maximum Gasteiger partial charge on any atom is 0.342 e. The highest BCUT2D eigenvalue weighted by molar-refractivity contribution is 5.92. The summed E-state index contributed by atoms with van der Waals surface area (Å²) in [6.07, 6.45) is 3.05. The van der Waals surface area contributed by atoms with Crippen molar-refractivity contribution in [2.24, 2.45) is 0 Å². The van der Waals surface area contributed by atoms with Gasteiger partial charge in [-0.25, -0.2) is 14.5 Å². The molecule has 3 rings (SSSR count). The number of carbonyl (C=O) groups is 2. The monoisotopic (exact) mass is 394 g/mol. The molecule has 2 heterocycles. The van der Waals surface area contributed by atoms with Crippen LogP contribution < -0.4 is 10.1 Å². The highest BCUT2D eigenvalue weighted by atomic mass is 16.5. The Morgan fingerprint density at radius 1 is 1.17 bits per heavy atom. The molecule has 0 saturated carbocycles. The van der Waals surface area contributed by atoms with E-state index in [1.54, 1.807) is 37.0 Å². The normalized spacial score (nSPS) is 11.6. The van der Waals surface area contributed by atoms with Gasteiger partial charge in [0.1, 0.15) is 11.3 Å². The van der Waals surface area contributed by atoms with E-state index in [9.17, 15) is 9.59 Å². The molecule has 29 heavy (non-hydrogen) atoms. The number of amides is 1. The molecule has 0 saturated heterocycles. The van der Waals surface area contributed by atoms with Gasteiger partial charge in [0.05, 0.1) is 25.0 Å². The van der Waals surface area contributed by atoms with Crippen molar-refractivity contribution in [3.8, 4) is 11.6 Å². The molecular weight excluding hydrogens is 372 g/mol. The predicted octanol–water partition coefficient (Wildman–Crippen LogP) is 2.62. The Bertz CT molecular complexity index is 1000. The van der Waals surface area contributed by atoms with Crippen molar-refractivity contribution in [1.29, 1.82) is 0 Å². The minimum Gasteiger partial charge on any atom is -0.496 e. The van der Waals surface area contributed by atoms with E-state index < -0.39 is 18.5 Å².